The lowest BCUT2D eigenvalue weighted by Crippen LogP contribution is -2.15. The van der Waals surface area contributed by atoms with Crippen molar-refractivity contribution in [1.29, 1.82) is 0 Å². The van der Waals surface area contributed by atoms with Gasteiger partial charge in [-0.2, -0.15) is 0 Å². The molecule has 0 aliphatic heterocycles. The molecule has 0 spiro atoms. The van der Waals surface area contributed by atoms with Crippen molar-refractivity contribution >= 4 is 44.3 Å². The summed E-state index contributed by atoms with van der Waals surface area (Å²) >= 11 is 1.55. The number of halogens is 1. The number of hydrogen-bond donors (Lipinski definition) is 0. The zero-order valence-corrected chi connectivity index (χ0v) is 25.4. The number of nitrogens with zero attached hydrogens (tertiary/aromatic N) is 2. The molecule has 1 heterocycles. The van der Waals surface area contributed by atoms with Gasteiger partial charge in [-0.25, -0.2) is 13.4 Å². The maximum absolute atomic E-state index is 14.4. The monoisotopic (exact) mass is 622 g/mol. The molecular weight excluding hydrogens is 592 g/mol. The number of carbonyl (C=O) groups is 2. The van der Waals surface area contributed by atoms with Crippen molar-refractivity contribution in [2.24, 2.45) is 0 Å². The van der Waals surface area contributed by atoms with Crippen LogP contribution in [0.2, 0.25) is 0 Å². The van der Waals surface area contributed by atoms with Gasteiger partial charge in [0.1, 0.15) is 12.4 Å². The molecular formula is C28H31FN2O7S3. The van der Waals surface area contributed by atoms with Crippen LogP contribution in [-0.2, 0) is 30.5 Å². The molecule has 0 bridgehead atoms. The van der Waals surface area contributed by atoms with Crippen molar-refractivity contribution in [3.63, 3.8) is 0 Å². The predicted octanol–water partition coefficient (Wildman–Crippen LogP) is 5.64. The van der Waals surface area contributed by atoms with Crippen LogP contribution in [0.1, 0.15) is 34.5 Å². The van der Waals surface area contributed by atoms with Crippen molar-refractivity contribution in [2.75, 3.05) is 38.0 Å². The van der Waals surface area contributed by atoms with Gasteiger partial charge in [0.2, 0.25) is 6.54 Å². The number of thioether (sulfide) groups is 1. The molecule has 1 aromatic heterocycles. The lowest BCUT2D eigenvalue weighted by molar-refractivity contribution is -0.480. The normalized spacial score (nSPS) is 11.7. The Hall–Kier alpha value is -3.16. The standard InChI is InChI=1S/C28H31FN2O7S3/c1-19-24(18-25(32)37-15-16-40-41(3)36)26(28(33)38-14-5-4-13-30(34)35)27(20-9-11-23(39-2)12-10-20)31(19)22-8-6-7-21(29)17-22/h6-12,17H,4-5,13-16,18H2,1-3H3. The molecule has 0 aliphatic carbocycles. The van der Waals surface area contributed by atoms with Crippen LogP contribution in [0.25, 0.3) is 16.9 Å². The molecule has 2 aromatic carbocycles. The van der Waals surface area contributed by atoms with Gasteiger partial charge in [-0.05, 0) is 61.1 Å². The van der Waals surface area contributed by atoms with E-state index >= 15 is 0 Å². The zero-order chi connectivity index (χ0) is 29.9. The molecule has 3 aromatic rings. The van der Waals surface area contributed by atoms with Gasteiger partial charge in [0.05, 0.1) is 34.1 Å². The van der Waals surface area contributed by atoms with E-state index in [0.29, 0.717) is 40.4 Å². The number of nitro groups is 1. The summed E-state index contributed by atoms with van der Waals surface area (Å²) in [5, 5.41) is 10.6. The number of aromatic nitrogens is 1. The van der Waals surface area contributed by atoms with E-state index in [4.69, 9.17) is 9.47 Å². The van der Waals surface area contributed by atoms with Crippen LogP contribution >= 0.6 is 22.6 Å². The highest BCUT2D eigenvalue weighted by atomic mass is 33.1. The van der Waals surface area contributed by atoms with E-state index in [2.05, 4.69) is 0 Å². The van der Waals surface area contributed by atoms with E-state index in [-0.39, 0.29) is 38.2 Å². The smallest absolute Gasteiger partial charge is 0.340 e. The highest BCUT2D eigenvalue weighted by Crippen LogP contribution is 2.36. The van der Waals surface area contributed by atoms with Crippen molar-refractivity contribution < 1.29 is 32.6 Å². The summed E-state index contributed by atoms with van der Waals surface area (Å²) in [7, 11) is 0.0535. The Balaban J connectivity index is 2.09. The summed E-state index contributed by atoms with van der Waals surface area (Å²) in [5.41, 5.74) is 2.56. The molecule has 3 rings (SSSR count). The molecule has 1 atom stereocenters. The first-order valence-electron chi connectivity index (χ1n) is 12.7. The van der Waals surface area contributed by atoms with Crippen LogP contribution in [0.15, 0.2) is 53.4 Å². The fourth-order valence-corrected chi connectivity index (χ4v) is 5.92. The molecule has 0 aliphatic rings. The van der Waals surface area contributed by atoms with Crippen LogP contribution in [0, 0.1) is 22.9 Å². The van der Waals surface area contributed by atoms with E-state index in [1.54, 1.807) is 35.4 Å². The molecule has 41 heavy (non-hydrogen) atoms. The number of benzene rings is 2. The number of ether oxygens (including phenoxy) is 2. The summed E-state index contributed by atoms with van der Waals surface area (Å²) in [4.78, 5) is 37.7. The summed E-state index contributed by atoms with van der Waals surface area (Å²) in [5.74, 6) is -1.41. The fraction of sp³-hybridized carbons (Fsp3) is 0.357. The van der Waals surface area contributed by atoms with Gasteiger partial charge in [-0.3, -0.25) is 14.9 Å². The minimum absolute atomic E-state index is 0.0447. The average Bonchev–Trinajstić information content (AvgIpc) is 3.22. The van der Waals surface area contributed by atoms with Gasteiger partial charge in [0.15, 0.2) is 0 Å². The summed E-state index contributed by atoms with van der Waals surface area (Å²) < 4.78 is 38.3. The Bertz CT molecular complexity index is 1410. The fourth-order valence-electron chi connectivity index (χ4n) is 4.22. The summed E-state index contributed by atoms with van der Waals surface area (Å²) in [6.45, 7) is 1.50. The predicted molar refractivity (Wildman–Crippen MR) is 160 cm³/mol. The lowest BCUT2D eigenvalue weighted by Gasteiger charge is -2.14. The van der Waals surface area contributed by atoms with E-state index in [9.17, 15) is 28.3 Å². The largest absolute Gasteiger partial charge is 0.465 e. The van der Waals surface area contributed by atoms with Gasteiger partial charge in [0.25, 0.3) is 0 Å². The summed E-state index contributed by atoms with van der Waals surface area (Å²) in [6, 6.07) is 13.4. The molecule has 13 heteroatoms. The van der Waals surface area contributed by atoms with Crippen LogP contribution in [-0.4, -0.2) is 63.7 Å². The minimum Gasteiger partial charge on any atom is -0.465 e. The Kier molecular flexibility index (Phi) is 12.4. The average molecular weight is 623 g/mol. The van der Waals surface area contributed by atoms with E-state index in [1.165, 1.54) is 18.4 Å². The van der Waals surface area contributed by atoms with Crippen LogP contribution in [0.5, 0.6) is 0 Å². The first-order valence-corrected chi connectivity index (χ1v) is 17.0. The van der Waals surface area contributed by atoms with E-state index in [0.717, 1.165) is 15.7 Å². The number of hydrogen-bond acceptors (Lipinski definition) is 9. The van der Waals surface area contributed by atoms with Crippen LogP contribution in [0.4, 0.5) is 4.39 Å². The van der Waals surface area contributed by atoms with Crippen molar-refractivity contribution in [3.8, 4) is 16.9 Å². The van der Waals surface area contributed by atoms with Gasteiger partial charge in [-0.1, -0.05) is 29.0 Å². The molecule has 1 unspecified atom stereocenters. The molecule has 0 amide bonds. The Morgan fingerprint density at radius 3 is 2.46 bits per heavy atom. The SMILES string of the molecule is CSc1ccc(-c2c(C(=O)OCCCC[N+](=O)[O-])c(CC(=O)OCCSS(C)=O)c(C)n2-c2cccc(F)c2)cc1. The molecule has 0 radical (unpaired) electrons. The number of rotatable bonds is 15. The summed E-state index contributed by atoms with van der Waals surface area (Å²) in [6.07, 6.45) is 3.76. The second-order valence-electron chi connectivity index (χ2n) is 8.85. The minimum atomic E-state index is -1.09. The Morgan fingerprint density at radius 1 is 1.10 bits per heavy atom. The quantitative estimate of drug-likeness (QED) is 0.0530. The third kappa shape index (κ3) is 9.17. The highest BCUT2D eigenvalue weighted by molar-refractivity contribution is 8.68. The highest BCUT2D eigenvalue weighted by Gasteiger charge is 2.30. The second-order valence-corrected chi connectivity index (χ2v) is 13.3. The molecule has 0 saturated carbocycles. The molecule has 0 fully saturated rings. The van der Waals surface area contributed by atoms with Crippen molar-refractivity contribution in [2.45, 2.75) is 31.1 Å². The first-order chi connectivity index (χ1) is 19.6. The molecule has 0 N–H and O–H groups in total. The van der Waals surface area contributed by atoms with Gasteiger partial charge in [0, 0.05) is 39.6 Å². The number of unbranched alkanes of at least 4 members (excludes halogenated alkanes) is 1. The Morgan fingerprint density at radius 2 is 1.83 bits per heavy atom. The van der Waals surface area contributed by atoms with Crippen LogP contribution in [0.3, 0.4) is 0 Å². The number of carbonyl (C=O) groups excluding carboxylic acids is 2. The second kappa shape index (κ2) is 15.7. The molecule has 220 valence electrons. The topological polar surface area (TPSA) is 118 Å². The first kappa shape index (κ1) is 32.4. The maximum Gasteiger partial charge on any atom is 0.340 e. The van der Waals surface area contributed by atoms with Gasteiger partial charge in [-0.15, -0.1) is 11.8 Å². The van der Waals surface area contributed by atoms with Gasteiger partial charge < -0.3 is 14.0 Å². The van der Waals surface area contributed by atoms with E-state index < -0.39 is 32.5 Å². The lowest BCUT2D eigenvalue weighted by atomic mass is 10.0. The Labute approximate surface area is 248 Å². The number of esters is 2. The van der Waals surface area contributed by atoms with Crippen molar-refractivity contribution in [1.82, 2.24) is 4.57 Å². The maximum atomic E-state index is 14.4. The van der Waals surface area contributed by atoms with Crippen molar-refractivity contribution in [3.05, 3.63) is 81.3 Å². The third-order valence-corrected chi connectivity index (χ3v) is 8.96. The van der Waals surface area contributed by atoms with E-state index in [1.807, 2.05) is 30.5 Å². The molecule has 0 saturated heterocycles. The van der Waals surface area contributed by atoms with Gasteiger partial charge >= 0.3 is 11.9 Å². The molecule has 9 nitrogen and oxygen atoms in total. The third-order valence-electron chi connectivity index (χ3n) is 6.05. The van der Waals surface area contributed by atoms with Crippen LogP contribution < -0.4 is 0 Å². The zero-order valence-electron chi connectivity index (χ0n) is 22.9.